The molecule has 0 rings (SSSR count). The van der Waals surface area contributed by atoms with E-state index in [4.69, 9.17) is 5.73 Å². The highest BCUT2D eigenvalue weighted by Gasteiger charge is 2.32. The number of nitrogens with zero attached hydrogens (tertiary/aromatic N) is 1. The van der Waals surface area contributed by atoms with E-state index in [9.17, 15) is 0 Å². The first kappa shape index (κ1) is 12.9. The molecule has 0 aliphatic rings. The molecule has 2 heteroatoms. The first-order valence-corrected chi connectivity index (χ1v) is 5.38. The Bertz CT molecular complexity index is 133. The van der Waals surface area contributed by atoms with Gasteiger partial charge in [0.05, 0.1) is 0 Å². The predicted molar refractivity (Wildman–Crippen MR) is 59.8 cm³/mol. The Labute approximate surface area is 83.5 Å². The lowest BCUT2D eigenvalue weighted by atomic mass is 9.85. The highest BCUT2D eigenvalue weighted by molar-refractivity contribution is 4.92. The fourth-order valence-corrected chi connectivity index (χ4v) is 2.07. The Balaban J connectivity index is 4.51. The van der Waals surface area contributed by atoms with Gasteiger partial charge in [0.25, 0.3) is 0 Å². The van der Waals surface area contributed by atoms with Crippen LogP contribution < -0.4 is 5.73 Å². The van der Waals surface area contributed by atoms with Gasteiger partial charge < -0.3 is 5.73 Å². The predicted octanol–water partition coefficient (Wildman–Crippen LogP) is 2.09. The zero-order chi connectivity index (χ0) is 10.6. The van der Waals surface area contributed by atoms with Crippen LogP contribution >= 0.6 is 0 Å². The van der Waals surface area contributed by atoms with Crippen LogP contribution in [-0.4, -0.2) is 29.6 Å². The van der Waals surface area contributed by atoms with Crippen LogP contribution in [0.4, 0.5) is 0 Å². The summed E-state index contributed by atoms with van der Waals surface area (Å²) in [7, 11) is 0. The molecule has 0 saturated heterocycles. The maximum absolute atomic E-state index is 6.20. The monoisotopic (exact) mass is 186 g/mol. The average Bonchev–Trinajstić information content (AvgIpc) is 2.04. The molecule has 2 N–H and O–H groups in total. The smallest absolute Gasteiger partial charge is 0.0306 e. The van der Waals surface area contributed by atoms with Crippen molar-refractivity contribution in [2.24, 2.45) is 11.7 Å². The van der Waals surface area contributed by atoms with Crippen molar-refractivity contribution in [1.29, 1.82) is 0 Å². The molecule has 0 aliphatic heterocycles. The SMILES string of the molecule is CCN(CC)C(C)(C)C(N)C(C)C. The lowest BCUT2D eigenvalue weighted by Gasteiger charge is -2.43. The van der Waals surface area contributed by atoms with Crippen LogP contribution in [-0.2, 0) is 0 Å². The Morgan fingerprint density at radius 3 is 1.77 bits per heavy atom. The van der Waals surface area contributed by atoms with Gasteiger partial charge in [0.1, 0.15) is 0 Å². The minimum Gasteiger partial charge on any atom is -0.326 e. The van der Waals surface area contributed by atoms with Crippen LogP contribution in [0.2, 0.25) is 0 Å². The summed E-state index contributed by atoms with van der Waals surface area (Å²) in [5, 5.41) is 0. The first-order valence-electron chi connectivity index (χ1n) is 5.38. The number of nitrogens with two attached hydrogens (primary N) is 1. The van der Waals surface area contributed by atoms with Gasteiger partial charge in [0.15, 0.2) is 0 Å². The fraction of sp³-hybridized carbons (Fsp3) is 1.00. The van der Waals surface area contributed by atoms with E-state index < -0.39 is 0 Å². The molecular formula is C11H26N2. The van der Waals surface area contributed by atoms with Crippen LogP contribution in [0, 0.1) is 5.92 Å². The first-order chi connectivity index (χ1) is 5.87. The van der Waals surface area contributed by atoms with Crippen molar-refractivity contribution in [3.63, 3.8) is 0 Å². The molecule has 13 heavy (non-hydrogen) atoms. The van der Waals surface area contributed by atoms with Crippen LogP contribution in [0.5, 0.6) is 0 Å². The molecule has 0 aliphatic carbocycles. The molecule has 0 radical (unpaired) electrons. The Morgan fingerprint density at radius 2 is 1.54 bits per heavy atom. The summed E-state index contributed by atoms with van der Waals surface area (Å²) >= 11 is 0. The summed E-state index contributed by atoms with van der Waals surface area (Å²) in [6, 6.07) is 0.243. The summed E-state index contributed by atoms with van der Waals surface area (Å²) in [5.41, 5.74) is 6.31. The van der Waals surface area contributed by atoms with Gasteiger partial charge in [-0.25, -0.2) is 0 Å². The second kappa shape index (κ2) is 4.97. The second-order valence-corrected chi connectivity index (χ2v) is 4.60. The van der Waals surface area contributed by atoms with E-state index in [2.05, 4.69) is 46.4 Å². The molecule has 0 amide bonds. The summed E-state index contributed by atoms with van der Waals surface area (Å²) in [4.78, 5) is 2.43. The van der Waals surface area contributed by atoms with Crippen LogP contribution in [0.3, 0.4) is 0 Å². The van der Waals surface area contributed by atoms with E-state index in [1.165, 1.54) is 0 Å². The Hall–Kier alpha value is -0.0800. The summed E-state index contributed by atoms with van der Waals surface area (Å²) in [5.74, 6) is 0.538. The number of likely N-dealkylation sites (N-methyl/N-ethyl adjacent to an activating group) is 1. The largest absolute Gasteiger partial charge is 0.326 e. The zero-order valence-corrected chi connectivity index (χ0v) is 10.1. The maximum atomic E-state index is 6.20. The Kier molecular flexibility index (Phi) is 4.93. The van der Waals surface area contributed by atoms with Gasteiger partial charge in [-0.1, -0.05) is 27.7 Å². The molecule has 0 heterocycles. The summed E-state index contributed by atoms with van der Waals surface area (Å²) in [6.45, 7) is 15.4. The fourth-order valence-electron chi connectivity index (χ4n) is 2.07. The van der Waals surface area contributed by atoms with Crippen molar-refractivity contribution in [2.45, 2.75) is 53.1 Å². The highest BCUT2D eigenvalue weighted by atomic mass is 15.2. The molecule has 80 valence electrons. The molecule has 0 aromatic heterocycles. The molecular weight excluding hydrogens is 160 g/mol. The van der Waals surface area contributed by atoms with Gasteiger partial charge in [-0.3, -0.25) is 4.90 Å². The van der Waals surface area contributed by atoms with Crippen molar-refractivity contribution in [2.75, 3.05) is 13.1 Å². The number of hydrogen-bond acceptors (Lipinski definition) is 2. The molecule has 0 aromatic carbocycles. The van der Waals surface area contributed by atoms with Gasteiger partial charge in [-0.05, 0) is 32.9 Å². The molecule has 2 nitrogen and oxygen atoms in total. The second-order valence-electron chi connectivity index (χ2n) is 4.60. The molecule has 0 fully saturated rings. The van der Waals surface area contributed by atoms with Crippen LogP contribution in [0.25, 0.3) is 0 Å². The van der Waals surface area contributed by atoms with Crippen molar-refractivity contribution in [3.8, 4) is 0 Å². The van der Waals surface area contributed by atoms with Crippen LogP contribution in [0.1, 0.15) is 41.5 Å². The molecule has 1 atom stereocenters. The minimum atomic E-state index is 0.109. The van der Waals surface area contributed by atoms with E-state index in [0.717, 1.165) is 13.1 Å². The normalized spacial score (nSPS) is 15.5. The van der Waals surface area contributed by atoms with Gasteiger partial charge >= 0.3 is 0 Å². The molecule has 0 bridgehead atoms. The van der Waals surface area contributed by atoms with E-state index in [0.29, 0.717) is 5.92 Å². The Morgan fingerprint density at radius 1 is 1.15 bits per heavy atom. The van der Waals surface area contributed by atoms with Crippen LogP contribution in [0.15, 0.2) is 0 Å². The standard InChI is InChI=1S/C11H26N2/c1-7-13(8-2)11(5,6)10(12)9(3)4/h9-10H,7-8,12H2,1-6H3. The lowest BCUT2D eigenvalue weighted by molar-refractivity contribution is 0.0892. The van der Waals surface area contributed by atoms with Crippen molar-refractivity contribution in [1.82, 2.24) is 4.90 Å². The average molecular weight is 186 g/mol. The molecule has 0 saturated carbocycles. The van der Waals surface area contributed by atoms with Gasteiger partial charge in [-0.15, -0.1) is 0 Å². The molecule has 1 unspecified atom stereocenters. The topological polar surface area (TPSA) is 29.3 Å². The van der Waals surface area contributed by atoms with E-state index in [-0.39, 0.29) is 11.6 Å². The van der Waals surface area contributed by atoms with E-state index in [1.807, 2.05) is 0 Å². The molecule has 0 spiro atoms. The third-order valence-electron chi connectivity index (χ3n) is 3.11. The summed E-state index contributed by atoms with van der Waals surface area (Å²) in [6.07, 6.45) is 0. The third-order valence-corrected chi connectivity index (χ3v) is 3.11. The van der Waals surface area contributed by atoms with Crippen molar-refractivity contribution < 1.29 is 0 Å². The van der Waals surface area contributed by atoms with Gasteiger partial charge in [-0.2, -0.15) is 0 Å². The van der Waals surface area contributed by atoms with Crippen molar-refractivity contribution >= 4 is 0 Å². The van der Waals surface area contributed by atoms with Gasteiger partial charge in [0.2, 0.25) is 0 Å². The quantitative estimate of drug-likeness (QED) is 0.712. The van der Waals surface area contributed by atoms with E-state index >= 15 is 0 Å². The molecule has 0 aromatic rings. The minimum absolute atomic E-state index is 0.109. The summed E-state index contributed by atoms with van der Waals surface area (Å²) < 4.78 is 0. The lowest BCUT2D eigenvalue weighted by Crippen LogP contribution is -2.58. The maximum Gasteiger partial charge on any atom is 0.0306 e. The highest BCUT2D eigenvalue weighted by Crippen LogP contribution is 2.21. The zero-order valence-electron chi connectivity index (χ0n) is 10.1. The number of rotatable bonds is 5. The number of hydrogen-bond donors (Lipinski definition) is 1. The third kappa shape index (κ3) is 2.96. The van der Waals surface area contributed by atoms with Crippen molar-refractivity contribution in [3.05, 3.63) is 0 Å². The van der Waals surface area contributed by atoms with Gasteiger partial charge in [0, 0.05) is 11.6 Å². The van der Waals surface area contributed by atoms with E-state index in [1.54, 1.807) is 0 Å².